The fourth-order valence-corrected chi connectivity index (χ4v) is 2.46. The van der Waals surface area contributed by atoms with Crippen molar-refractivity contribution in [2.45, 2.75) is 32.3 Å². The zero-order valence-corrected chi connectivity index (χ0v) is 11.5. The number of hydrogen-bond donors (Lipinski definition) is 1. The normalized spacial score (nSPS) is 16.4. The van der Waals surface area contributed by atoms with Crippen LogP contribution in [0.1, 0.15) is 37.9 Å². The third-order valence-electron chi connectivity index (χ3n) is 2.77. The van der Waals surface area contributed by atoms with Gasteiger partial charge in [0.1, 0.15) is 0 Å². The number of rotatable bonds is 3. The van der Waals surface area contributed by atoms with Gasteiger partial charge in [0.05, 0.1) is 23.8 Å². The number of aliphatic hydroxyl groups excluding tert-OH is 1. The fourth-order valence-electron chi connectivity index (χ4n) is 1.88. The van der Waals surface area contributed by atoms with Crippen LogP contribution in [0.5, 0.6) is 11.5 Å². The zero-order chi connectivity index (χ0) is 12.3. The first kappa shape index (κ1) is 12.7. The predicted octanol–water partition coefficient (Wildman–Crippen LogP) is 3.44. The second-order valence-corrected chi connectivity index (χ2v) is 5.04. The first-order chi connectivity index (χ1) is 8.22. The lowest BCUT2D eigenvalue weighted by atomic mass is 10.0. The Morgan fingerprint density at radius 2 is 2.12 bits per heavy atom. The van der Waals surface area contributed by atoms with Crippen LogP contribution in [0.2, 0.25) is 0 Å². The average molecular weight is 301 g/mol. The van der Waals surface area contributed by atoms with E-state index in [1.807, 2.05) is 12.1 Å². The molecule has 1 heterocycles. The Morgan fingerprint density at radius 1 is 1.35 bits per heavy atom. The van der Waals surface area contributed by atoms with E-state index in [1.165, 1.54) is 0 Å². The Hall–Kier alpha value is -0.740. The van der Waals surface area contributed by atoms with Crippen LogP contribution >= 0.6 is 15.9 Å². The summed E-state index contributed by atoms with van der Waals surface area (Å²) in [6, 6.07) is 3.79. The van der Waals surface area contributed by atoms with E-state index in [9.17, 15) is 5.11 Å². The molecular weight excluding hydrogens is 284 g/mol. The van der Waals surface area contributed by atoms with Gasteiger partial charge >= 0.3 is 0 Å². The van der Waals surface area contributed by atoms with E-state index in [-0.39, 0.29) is 0 Å². The molecule has 1 aromatic rings. The Morgan fingerprint density at radius 3 is 2.88 bits per heavy atom. The second-order valence-electron chi connectivity index (χ2n) is 4.18. The number of aliphatic hydroxyl groups is 1. The Bertz CT molecular complexity index is 392. The average Bonchev–Trinajstić information content (AvgIpc) is 2.54. The van der Waals surface area contributed by atoms with Crippen LogP contribution in [0.15, 0.2) is 16.6 Å². The molecule has 1 aliphatic heterocycles. The third-order valence-corrected chi connectivity index (χ3v) is 3.36. The zero-order valence-electron chi connectivity index (χ0n) is 9.91. The van der Waals surface area contributed by atoms with E-state index in [0.717, 1.165) is 40.8 Å². The summed E-state index contributed by atoms with van der Waals surface area (Å²) in [5, 5.41) is 10.00. The molecule has 94 valence electrons. The monoisotopic (exact) mass is 300 g/mol. The van der Waals surface area contributed by atoms with E-state index in [2.05, 4.69) is 22.9 Å². The van der Waals surface area contributed by atoms with Gasteiger partial charge in [-0.25, -0.2) is 0 Å². The predicted molar refractivity (Wildman–Crippen MR) is 69.6 cm³/mol. The first-order valence-corrected chi connectivity index (χ1v) is 6.78. The van der Waals surface area contributed by atoms with Crippen molar-refractivity contribution in [3.8, 4) is 11.5 Å². The molecule has 0 amide bonds. The summed E-state index contributed by atoms with van der Waals surface area (Å²) >= 11 is 3.47. The number of halogens is 1. The fraction of sp³-hybridized carbons (Fsp3) is 0.538. The highest BCUT2D eigenvalue weighted by atomic mass is 79.9. The SMILES string of the molecule is CCCC(O)c1cc(Br)c2c(c1)OCCCO2. The number of hydrogen-bond acceptors (Lipinski definition) is 3. The van der Waals surface area contributed by atoms with E-state index < -0.39 is 6.10 Å². The van der Waals surface area contributed by atoms with Crippen LogP contribution in [-0.4, -0.2) is 18.3 Å². The molecule has 2 rings (SSSR count). The van der Waals surface area contributed by atoms with Gasteiger partial charge in [-0.1, -0.05) is 13.3 Å². The Kier molecular flexibility index (Phi) is 4.29. The van der Waals surface area contributed by atoms with Crippen LogP contribution < -0.4 is 9.47 Å². The van der Waals surface area contributed by atoms with Crippen molar-refractivity contribution in [1.82, 2.24) is 0 Å². The van der Waals surface area contributed by atoms with Gasteiger partial charge in [0.2, 0.25) is 0 Å². The molecule has 17 heavy (non-hydrogen) atoms. The minimum absolute atomic E-state index is 0.437. The van der Waals surface area contributed by atoms with Gasteiger partial charge < -0.3 is 14.6 Å². The van der Waals surface area contributed by atoms with Gasteiger partial charge in [-0.15, -0.1) is 0 Å². The molecule has 0 spiro atoms. The van der Waals surface area contributed by atoms with Gasteiger partial charge in [-0.05, 0) is 40.0 Å². The van der Waals surface area contributed by atoms with Gasteiger partial charge in [0, 0.05) is 6.42 Å². The Labute approximate surface area is 110 Å². The molecule has 0 radical (unpaired) electrons. The quantitative estimate of drug-likeness (QED) is 0.929. The first-order valence-electron chi connectivity index (χ1n) is 5.99. The molecule has 4 heteroatoms. The largest absolute Gasteiger partial charge is 0.490 e. The van der Waals surface area contributed by atoms with Gasteiger partial charge in [-0.3, -0.25) is 0 Å². The number of fused-ring (bicyclic) bond motifs is 1. The number of benzene rings is 1. The van der Waals surface area contributed by atoms with Crippen molar-refractivity contribution in [2.75, 3.05) is 13.2 Å². The lowest BCUT2D eigenvalue weighted by Gasteiger charge is -2.15. The van der Waals surface area contributed by atoms with E-state index in [4.69, 9.17) is 9.47 Å². The minimum Gasteiger partial charge on any atom is -0.490 e. The van der Waals surface area contributed by atoms with E-state index in [0.29, 0.717) is 13.2 Å². The molecule has 0 fully saturated rings. The highest BCUT2D eigenvalue weighted by molar-refractivity contribution is 9.10. The van der Waals surface area contributed by atoms with Gasteiger partial charge in [0.15, 0.2) is 11.5 Å². The molecule has 0 saturated carbocycles. The maximum absolute atomic E-state index is 10.00. The van der Waals surface area contributed by atoms with Crippen LogP contribution in [0.4, 0.5) is 0 Å². The third kappa shape index (κ3) is 2.93. The summed E-state index contributed by atoms with van der Waals surface area (Å²) in [4.78, 5) is 0. The highest BCUT2D eigenvalue weighted by Crippen LogP contribution is 2.40. The molecule has 3 nitrogen and oxygen atoms in total. The second kappa shape index (κ2) is 5.74. The molecule has 1 unspecified atom stereocenters. The van der Waals surface area contributed by atoms with Gasteiger partial charge in [-0.2, -0.15) is 0 Å². The standard InChI is InChI=1S/C13H17BrO3/c1-2-4-11(15)9-7-10(14)13-12(8-9)16-5-3-6-17-13/h7-8,11,15H,2-6H2,1H3. The minimum atomic E-state index is -0.437. The number of ether oxygens (including phenoxy) is 2. The summed E-state index contributed by atoms with van der Waals surface area (Å²) < 4.78 is 12.1. The molecule has 1 N–H and O–H groups in total. The topological polar surface area (TPSA) is 38.7 Å². The smallest absolute Gasteiger partial charge is 0.175 e. The summed E-state index contributed by atoms with van der Waals surface area (Å²) in [5.41, 5.74) is 0.878. The molecular formula is C13H17BrO3. The van der Waals surface area contributed by atoms with Crippen LogP contribution in [0, 0.1) is 0 Å². The lowest BCUT2D eigenvalue weighted by Crippen LogP contribution is -1.99. The van der Waals surface area contributed by atoms with E-state index in [1.54, 1.807) is 0 Å². The van der Waals surface area contributed by atoms with Gasteiger partial charge in [0.25, 0.3) is 0 Å². The van der Waals surface area contributed by atoms with Crippen molar-refractivity contribution in [1.29, 1.82) is 0 Å². The maximum atomic E-state index is 10.00. The molecule has 0 bridgehead atoms. The summed E-state index contributed by atoms with van der Waals surface area (Å²) in [5.74, 6) is 1.47. The summed E-state index contributed by atoms with van der Waals surface area (Å²) in [6.45, 7) is 3.39. The van der Waals surface area contributed by atoms with Crippen LogP contribution in [0.3, 0.4) is 0 Å². The maximum Gasteiger partial charge on any atom is 0.175 e. The van der Waals surface area contributed by atoms with Crippen molar-refractivity contribution in [3.05, 3.63) is 22.2 Å². The summed E-state index contributed by atoms with van der Waals surface area (Å²) in [6.07, 6.45) is 2.15. The molecule has 1 aromatic carbocycles. The molecule has 0 saturated heterocycles. The van der Waals surface area contributed by atoms with Crippen molar-refractivity contribution >= 4 is 15.9 Å². The Balaban J connectivity index is 2.31. The molecule has 1 aliphatic rings. The molecule has 0 aromatic heterocycles. The molecule has 1 atom stereocenters. The van der Waals surface area contributed by atoms with Crippen LogP contribution in [0.25, 0.3) is 0 Å². The van der Waals surface area contributed by atoms with Crippen molar-refractivity contribution in [2.24, 2.45) is 0 Å². The van der Waals surface area contributed by atoms with Crippen molar-refractivity contribution < 1.29 is 14.6 Å². The summed E-state index contributed by atoms with van der Waals surface area (Å²) in [7, 11) is 0. The van der Waals surface area contributed by atoms with E-state index >= 15 is 0 Å². The van der Waals surface area contributed by atoms with Crippen molar-refractivity contribution in [3.63, 3.8) is 0 Å². The lowest BCUT2D eigenvalue weighted by molar-refractivity contribution is 0.166. The van der Waals surface area contributed by atoms with Crippen LogP contribution in [-0.2, 0) is 0 Å². The molecule has 0 aliphatic carbocycles. The highest BCUT2D eigenvalue weighted by Gasteiger charge is 2.17.